The summed E-state index contributed by atoms with van der Waals surface area (Å²) in [5.41, 5.74) is 1.06. The Bertz CT molecular complexity index is 1210. The predicted octanol–water partition coefficient (Wildman–Crippen LogP) is 3.00. The van der Waals surface area contributed by atoms with Crippen LogP contribution in [-0.2, 0) is 0 Å². The number of benzene rings is 2. The van der Waals surface area contributed by atoms with E-state index in [1.165, 1.54) is 32.1 Å². The molecule has 0 atom stereocenters. The van der Waals surface area contributed by atoms with Crippen LogP contribution in [0.1, 0.15) is 6.42 Å². The summed E-state index contributed by atoms with van der Waals surface area (Å²) in [7, 11) is 4.59. The Morgan fingerprint density at radius 3 is 2.26 bits per heavy atom. The van der Waals surface area contributed by atoms with Gasteiger partial charge in [-0.3, -0.25) is 4.79 Å². The van der Waals surface area contributed by atoms with E-state index >= 15 is 0 Å². The summed E-state index contributed by atoms with van der Waals surface area (Å²) in [6, 6.07) is 15.7. The normalized spacial score (nSPS) is 13.7. The summed E-state index contributed by atoms with van der Waals surface area (Å²) >= 11 is 0. The molecule has 1 aromatic heterocycles. The molecule has 184 valence electrons. The third-order valence-corrected chi connectivity index (χ3v) is 5.81. The number of urea groups is 1. The van der Waals surface area contributed by atoms with Gasteiger partial charge >= 0.3 is 6.03 Å². The van der Waals surface area contributed by atoms with Gasteiger partial charge < -0.3 is 29.3 Å². The molecule has 0 bridgehead atoms. The number of rotatable bonds is 6. The molecular weight excluding hydrogens is 450 g/mol. The lowest BCUT2D eigenvalue weighted by molar-refractivity contribution is 0.215. The fourth-order valence-corrected chi connectivity index (χ4v) is 4.03. The summed E-state index contributed by atoms with van der Waals surface area (Å²) in [6.45, 7) is 2.39. The number of carbonyl (C=O) groups excluding carboxylic acids is 1. The van der Waals surface area contributed by atoms with Crippen molar-refractivity contribution in [3.05, 3.63) is 65.0 Å². The quantitative estimate of drug-likeness (QED) is 0.580. The highest BCUT2D eigenvalue weighted by molar-refractivity contribution is 5.90. The maximum Gasteiger partial charge on any atom is 0.321 e. The van der Waals surface area contributed by atoms with Crippen molar-refractivity contribution in [2.45, 2.75) is 6.42 Å². The number of ether oxygens (including phenoxy) is 3. The summed E-state index contributed by atoms with van der Waals surface area (Å²) in [4.78, 5) is 29.2. The van der Waals surface area contributed by atoms with E-state index in [-0.39, 0.29) is 11.6 Å². The van der Waals surface area contributed by atoms with Crippen molar-refractivity contribution < 1.29 is 19.0 Å². The second kappa shape index (κ2) is 10.8. The lowest BCUT2D eigenvalue weighted by Gasteiger charge is -2.23. The van der Waals surface area contributed by atoms with Crippen LogP contribution in [0.4, 0.5) is 16.3 Å². The van der Waals surface area contributed by atoms with Crippen LogP contribution >= 0.6 is 0 Å². The molecule has 10 heteroatoms. The number of hydrogen-bond acceptors (Lipinski definition) is 7. The molecule has 4 rings (SSSR count). The van der Waals surface area contributed by atoms with E-state index in [0.29, 0.717) is 60.6 Å². The molecular formula is C25H29N5O5. The van der Waals surface area contributed by atoms with Crippen LogP contribution in [0.5, 0.6) is 17.2 Å². The molecule has 3 aromatic rings. The van der Waals surface area contributed by atoms with Gasteiger partial charge in [-0.1, -0.05) is 18.2 Å². The average molecular weight is 480 g/mol. The molecule has 2 heterocycles. The lowest BCUT2D eigenvalue weighted by atomic mass is 10.2. The van der Waals surface area contributed by atoms with E-state index in [4.69, 9.17) is 14.2 Å². The number of nitrogens with zero attached hydrogens (tertiary/aromatic N) is 4. The first-order valence-electron chi connectivity index (χ1n) is 11.3. The number of hydrogen-bond donors (Lipinski definition) is 1. The number of anilines is 2. The van der Waals surface area contributed by atoms with E-state index in [2.05, 4.69) is 15.3 Å². The van der Waals surface area contributed by atoms with Crippen LogP contribution in [0, 0.1) is 0 Å². The highest BCUT2D eigenvalue weighted by Crippen LogP contribution is 2.40. The average Bonchev–Trinajstić information content (AvgIpc) is 3.15. The Kier molecular flexibility index (Phi) is 7.39. The molecule has 1 fully saturated rings. The zero-order valence-electron chi connectivity index (χ0n) is 20.1. The second-order valence-electron chi connectivity index (χ2n) is 7.95. The van der Waals surface area contributed by atoms with Crippen molar-refractivity contribution in [1.82, 2.24) is 14.7 Å². The Morgan fingerprint density at radius 1 is 0.886 bits per heavy atom. The van der Waals surface area contributed by atoms with Gasteiger partial charge in [-0.25, -0.2) is 4.79 Å². The van der Waals surface area contributed by atoms with Crippen molar-refractivity contribution in [3.63, 3.8) is 0 Å². The number of methoxy groups -OCH3 is 3. The number of para-hydroxylation sites is 1. The van der Waals surface area contributed by atoms with Gasteiger partial charge in [-0.2, -0.15) is 4.68 Å². The number of nitrogens with one attached hydrogen (secondary N) is 1. The molecule has 2 amide bonds. The minimum absolute atomic E-state index is 0.193. The standard InChI is InChI=1S/C25H29N5O5/c1-33-20-16-18(17-21(34-2)24(20)35-3)26-25(32)29-13-7-12-28(14-15-29)22-10-11-23(31)30(27-22)19-8-5-4-6-9-19/h4-6,8-11,16-17H,7,12-15H2,1-3H3,(H,26,32). The molecule has 1 aliphatic rings. The highest BCUT2D eigenvalue weighted by atomic mass is 16.5. The van der Waals surface area contributed by atoms with Gasteiger partial charge in [0.25, 0.3) is 5.56 Å². The molecule has 0 saturated carbocycles. The molecule has 2 aromatic carbocycles. The molecule has 1 aliphatic heterocycles. The molecule has 0 aliphatic carbocycles. The van der Waals surface area contributed by atoms with Crippen LogP contribution in [0.15, 0.2) is 59.4 Å². The third-order valence-electron chi connectivity index (χ3n) is 5.81. The molecule has 0 radical (unpaired) electrons. The third kappa shape index (κ3) is 5.32. The molecule has 0 unspecified atom stereocenters. The van der Waals surface area contributed by atoms with Crippen LogP contribution in [-0.4, -0.2) is 68.2 Å². The monoisotopic (exact) mass is 479 g/mol. The zero-order chi connectivity index (χ0) is 24.8. The van der Waals surface area contributed by atoms with Crippen molar-refractivity contribution in [3.8, 4) is 22.9 Å². The van der Waals surface area contributed by atoms with E-state index < -0.39 is 0 Å². The fraction of sp³-hybridized carbons (Fsp3) is 0.320. The summed E-state index contributed by atoms with van der Waals surface area (Å²) in [5, 5.41) is 7.50. The van der Waals surface area contributed by atoms with Crippen LogP contribution < -0.4 is 30.0 Å². The molecule has 35 heavy (non-hydrogen) atoms. The number of aromatic nitrogens is 2. The fourth-order valence-electron chi connectivity index (χ4n) is 4.03. The first-order chi connectivity index (χ1) is 17.0. The summed E-state index contributed by atoms with van der Waals surface area (Å²) < 4.78 is 17.5. The molecule has 1 N–H and O–H groups in total. The van der Waals surface area contributed by atoms with Gasteiger partial charge in [0.2, 0.25) is 5.75 Å². The summed E-state index contributed by atoms with van der Waals surface area (Å²) in [6.07, 6.45) is 0.759. The Hall–Kier alpha value is -4.21. The van der Waals surface area contributed by atoms with Gasteiger partial charge in [0.15, 0.2) is 11.5 Å². The Labute approximate surface area is 203 Å². The minimum Gasteiger partial charge on any atom is -0.493 e. The highest BCUT2D eigenvalue weighted by Gasteiger charge is 2.22. The largest absolute Gasteiger partial charge is 0.493 e. The van der Waals surface area contributed by atoms with E-state index in [1.807, 2.05) is 30.3 Å². The van der Waals surface area contributed by atoms with Gasteiger partial charge in [0.05, 0.1) is 32.7 Å². The maximum atomic E-state index is 13.0. The number of amides is 2. The predicted molar refractivity (Wildman–Crippen MR) is 133 cm³/mol. The first kappa shape index (κ1) is 23.9. The van der Waals surface area contributed by atoms with Gasteiger partial charge in [-0.15, -0.1) is 5.10 Å². The lowest BCUT2D eigenvalue weighted by Crippen LogP contribution is -2.38. The molecule has 10 nitrogen and oxygen atoms in total. The van der Waals surface area contributed by atoms with Crippen LogP contribution in [0.2, 0.25) is 0 Å². The Balaban J connectivity index is 1.46. The minimum atomic E-state index is -0.219. The van der Waals surface area contributed by atoms with E-state index in [1.54, 1.807) is 23.1 Å². The molecule has 0 spiro atoms. The Morgan fingerprint density at radius 2 is 1.60 bits per heavy atom. The van der Waals surface area contributed by atoms with Crippen LogP contribution in [0.25, 0.3) is 5.69 Å². The van der Waals surface area contributed by atoms with Gasteiger partial charge in [0.1, 0.15) is 5.82 Å². The van der Waals surface area contributed by atoms with Crippen LogP contribution in [0.3, 0.4) is 0 Å². The van der Waals surface area contributed by atoms with E-state index in [9.17, 15) is 9.59 Å². The first-order valence-corrected chi connectivity index (χ1v) is 11.3. The smallest absolute Gasteiger partial charge is 0.321 e. The van der Waals surface area contributed by atoms with Crippen molar-refractivity contribution in [1.29, 1.82) is 0 Å². The SMILES string of the molecule is COc1cc(NC(=O)N2CCCN(c3ccc(=O)n(-c4ccccc4)n3)CC2)cc(OC)c1OC. The molecule has 1 saturated heterocycles. The van der Waals surface area contributed by atoms with Crippen molar-refractivity contribution >= 4 is 17.5 Å². The zero-order valence-corrected chi connectivity index (χ0v) is 20.1. The van der Waals surface area contributed by atoms with Gasteiger partial charge in [-0.05, 0) is 24.6 Å². The van der Waals surface area contributed by atoms with Crippen molar-refractivity contribution in [2.24, 2.45) is 0 Å². The topological polar surface area (TPSA) is 98.2 Å². The second-order valence-corrected chi connectivity index (χ2v) is 7.95. The summed E-state index contributed by atoms with van der Waals surface area (Å²) in [5.74, 6) is 2.08. The van der Waals surface area contributed by atoms with Gasteiger partial charge in [0, 0.05) is 44.4 Å². The van der Waals surface area contributed by atoms with Crippen molar-refractivity contribution in [2.75, 3.05) is 57.7 Å². The number of carbonyl (C=O) groups is 1. The maximum absolute atomic E-state index is 13.0. The van der Waals surface area contributed by atoms with E-state index in [0.717, 1.165) is 6.42 Å².